The number of nitrogens with one attached hydrogen (secondary N) is 1. The zero-order valence-corrected chi connectivity index (χ0v) is 24.5. The molecular formula is C31H32BrF3N2O4. The van der Waals surface area contributed by atoms with Crippen LogP contribution in [0.25, 0.3) is 11.1 Å². The molecule has 3 aromatic rings. The minimum atomic E-state index is -4.54. The standard InChI is InChI=1S/C31H32BrF3N2O4/c1-39-13-14-41-28-16-22(32)7-5-21(28)18-36-29(38)37-19-30(11-3-4-12-30)26-15-20(6-10-27(26)37)24-9-8-23(40-2)17-25(24)31(33,34)35/h5-10,15-17H,3-4,11-14,18-19H2,1-2H3,(H,36,38). The maximum absolute atomic E-state index is 14.0. The molecule has 2 amide bonds. The molecule has 1 heterocycles. The third kappa shape index (κ3) is 6.04. The van der Waals surface area contributed by atoms with Gasteiger partial charge in [-0.25, -0.2) is 4.79 Å². The summed E-state index contributed by atoms with van der Waals surface area (Å²) < 4.78 is 58.9. The summed E-state index contributed by atoms with van der Waals surface area (Å²) in [5, 5.41) is 3.02. The summed E-state index contributed by atoms with van der Waals surface area (Å²) >= 11 is 3.46. The average molecular weight is 634 g/mol. The fraction of sp³-hybridized carbons (Fsp3) is 0.387. The Hall–Kier alpha value is -3.24. The first-order valence-electron chi connectivity index (χ1n) is 13.5. The van der Waals surface area contributed by atoms with Gasteiger partial charge in [0.05, 0.1) is 19.3 Å². The summed E-state index contributed by atoms with van der Waals surface area (Å²) in [5.74, 6) is 0.797. The predicted octanol–water partition coefficient (Wildman–Crippen LogP) is 7.71. The normalized spacial score (nSPS) is 15.7. The van der Waals surface area contributed by atoms with Crippen molar-refractivity contribution in [3.63, 3.8) is 0 Å². The molecule has 0 aromatic heterocycles. The zero-order chi connectivity index (χ0) is 29.2. The number of urea groups is 1. The van der Waals surface area contributed by atoms with Gasteiger partial charge in [-0.1, -0.05) is 47.0 Å². The molecule has 41 heavy (non-hydrogen) atoms. The minimum Gasteiger partial charge on any atom is -0.497 e. The van der Waals surface area contributed by atoms with Gasteiger partial charge in [0, 0.05) is 41.3 Å². The summed E-state index contributed by atoms with van der Waals surface area (Å²) in [7, 11) is 2.95. The number of benzene rings is 3. The summed E-state index contributed by atoms with van der Waals surface area (Å²) in [6, 6.07) is 14.7. The summed E-state index contributed by atoms with van der Waals surface area (Å²) in [4.78, 5) is 15.3. The van der Waals surface area contributed by atoms with Crippen molar-refractivity contribution >= 4 is 27.6 Å². The molecule has 0 radical (unpaired) electrons. The van der Waals surface area contributed by atoms with Crippen LogP contribution in [-0.4, -0.2) is 40.0 Å². The molecular weight excluding hydrogens is 601 g/mol. The van der Waals surface area contributed by atoms with Gasteiger partial charge in [-0.15, -0.1) is 0 Å². The van der Waals surface area contributed by atoms with E-state index >= 15 is 0 Å². The van der Waals surface area contributed by atoms with Gasteiger partial charge >= 0.3 is 12.2 Å². The lowest BCUT2D eigenvalue weighted by atomic mass is 9.79. The number of nitrogens with zero attached hydrogens (tertiary/aromatic N) is 1. The summed E-state index contributed by atoms with van der Waals surface area (Å²) in [6.45, 7) is 1.56. The molecule has 1 saturated carbocycles. The molecule has 0 bridgehead atoms. The van der Waals surface area contributed by atoms with Crippen LogP contribution in [0.4, 0.5) is 23.7 Å². The Morgan fingerprint density at radius 1 is 1.02 bits per heavy atom. The minimum absolute atomic E-state index is 0.0911. The first-order valence-corrected chi connectivity index (χ1v) is 14.3. The highest BCUT2D eigenvalue weighted by Gasteiger charge is 2.46. The number of halogens is 4. The molecule has 5 rings (SSSR count). The molecule has 1 aliphatic carbocycles. The van der Waals surface area contributed by atoms with Crippen LogP contribution in [0, 0.1) is 0 Å². The Morgan fingerprint density at radius 3 is 2.51 bits per heavy atom. The second kappa shape index (κ2) is 11.9. The molecule has 1 fully saturated rings. The van der Waals surface area contributed by atoms with Crippen molar-refractivity contribution in [2.45, 2.75) is 43.8 Å². The molecule has 0 saturated heterocycles. The van der Waals surface area contributed by atoms with Crippen molar-refractivity contribution in [1.82, 2.24) is 5.32 Å². The van der Waals surface area contributed by atoms with E-state index in [1.165, 1.54) is 19.2 Å². The fourth-order valence-corrected chi connectivity index (χ4v) is 6.28. The Bertz CT molecular complexity index is 1420. The molecule has 0 atom stereocenters. The third-order valence-corrected chi connectivity index (χ3v) is 8.47. The molecule has 6 nitrogen and oxygen atoms in total. The van der Waals surface area contributed by atoms with E-state index < -0.39 is 11.7 Å². The number of ether oxygens (including phenoxy) is 3. The van der Waals surface area contributed by atoms with Gasteiger partial charge in [0.1, 0.15) is 18.1 Å². The van der Waals surface area contributed by atoms with Crippen LogP contribution in [0.2, 0.25) is 0 Å². The molecule has 2 aliphatic rings. The van der Waals surface area contributed by atoms with Crippen LogP contribution in [0.1, 0.15) is 42.4 Å². The average Bonchev–Trinajstić information content (AvgIpc) is 3.56. The van der Waals surface area contributed by atoms with E-state index in [2.05, 4.69) is 21.2 Å². The van der Waals surface area contributed by atoms with Gasteiger partial charge in [-0.3, -0.25) is 4.90 Å². The fourth-order valence-electron chi connectivity index (χ4n) is 5.94. The van der Waals surface area contributed by atoms with E-state index in [-0.39, 0.29) is 29.3 Å². The van der Waals surface area contributed by atoms with Crippen LogP contribution in [0.5, 0.6) is 11.5 Å². The Morgan fingerprint density at radius 2 is 1.80 bits per heavy atom. The number of fused-ring (bicyclic) bond motifs is 2. The lowest BCUT2D eigenvalue weighted by Crippen LogP contribution is -2.41. The van der Waals surface area contributed by atoms with Crippen molar-refractivity contribution in [3.05, 3.63) is 75.8 Å². The van der Waals surface area contributed by atoms with E-state index in [1.807, 2.05) is 24.3 Å². The number of hydrogen-bond acceptors (Lipinski definition) is 4. The first-order chi connectivity index (χ1) is 19.6. The van der Waals surface area contributed by atoms with Gasteiger partial charge in [0.25, 0.3) is 0 Å². The van der Waals surface area contributed by atoms with Crippen LogP contribution >= 0.6 is 15.9 Å². The Balaban J connectivity index is 1.43. The molecule has 3 aromatic carbocycles. The number of carbonyl (C=O) groups is 1. The van der Waals surface area contributed by atoms with Gasteiger partial charge < -0.3 is 19.5 Å². The summed E-state index contributed by atoms with van der Waals surface area (Å²) in [6.07, 6.45) is -0.760. The maximum Gasteiger partial charge on any atom is 0.417 e. The summed E-state index contributed by atoms with van der Waals surface area (Å²) in [5.41, 5.74) is 2.03. The molecule has 10 heteroatoms. The number of methoxy groups -OCH3 is 2. The van der Waals surface area contributed by atoms with Crippen LogP contribution in [0.3, 0.4) is 0 Å². The van der Waals surface area contributed by atoms with Crippen LogP contribution in [0.15, 0.2) is 59.1 Å². The molecule has 0 unspecified atom stereocenters. The molecule has 1 aliphatic heterocycles. The maximum atomic E-state index is 14.0. The SMILES string of the molecule is COCCOc1cc(Br)ccc1CNC(=O)N1CC2(CCCC2)c2cc(-c3ccc(OC)cc3C(F)(F)F)ccc21. The van der Waals surface area contributed by atoms with Crippen LogP contribution < -0.4 is 19.7 Å². The molecule has 218 valence electrons. The smallest absolute Gasteiger partial charge is 0.417 e. The third-order valence-electron chi connectivity index (χ3n) is 7.97. The quantitative estimate of drug-likeness (QED) is 0.258. The van der Waals surface area contributed by atoms with Crippen molar-refractivity contribution in [1.29, 1.82) is 0 Å². The number of alkyl halides is 3. The number of anilines is 1. The van der Waals surface area contributed by atoms with E-state index in [0.717, 1.165) is 53.0 Å². The topological polar surface area (TPSA) is 60.0 Å². The Labute approximate surface area is 245 Å². The van der Waals surface area contributed by atoms with Gasteiger partial charge in [-0.05, 0) is 65.9 Å². The lowest BCUT2D eigenvalue weighted by Gasteiger charge is -2.25. The van der Waals surface area contributed by atoms with E-state index in [9.17, 15) is 18.0 Å². The number of amides is 2. The second-order valence-electron chi connectivity index (χ2n) is 10.5. The zero-order valence-electron chi connectivity index (χ0n) is 22.9. The first kappa shape index (κ1) is 29.3. The molecule has 1 spiro atoms. The number of carbonyl (C=O) groups excluding carboxylic acids is 1. The van der Waals surface area contributed by atoms with Gasteiger partial charge in [0.2, 0.25) is 0 Å². The van der Waals surface area contributed by atoms with Crippen molar-refractivity contribution in [2.75, 3.05) is 38.9 Å². The Kier molecular flexibility index (Phi) is 8.52. The lowest BCUT2D eigenvalue weighted by molar-refractivity contribution is -0.137. The van der Waals surface area contributed by atoms with Gasteiger partial charge in [0.15, 0.2) is 0 Å². The van der Waals surface area contributed by atoms with Crippen molar-refractivity contribution in [3.8, 4) is 22.6 Å². The van der Waals surface area contributed by atoms with E-state index in [0.29, 0.717) is 31.1 Å². The highest BCUT2D eigenvalue weighted by Crippen LogP contribution is 2.52. The van der Waals surface area contributed by atoms with Crippen molar-refractivity contribution < 1.29 is 32.2 Å². The van der Waals surface area contributed by atoms with Crippen LogP contribution in [-0.2, 0) is 22.9 Å². The van der Waals surface area contributed by atoms with Gasteiger partial charge in [-0.2, -0.15) is 13.2 Å². The highest BCUT2D eigenvalue weighted by atomic mass is 79.9. The number of hydrogen-bond donors (Lipinski definition) is 1. The highest BCUT2D eigenvalue weighted by molar-refractivity contribution is 9.10. The number of rotatable bonds is 8. The largest absolute Gasteiger partial charge is 0.497 e. The van der Waals surface area contributed by atoms with Crippen molar-refractivity contribution in [2.24, 2.45) is 0 Å². The molecule has 1 N–H and O–H groups in total. The van der Waals surface area contributed by atoms with E-state index in [1.54, 1.807) is 24.1 Å². The van der Waals surface area contributed by atoms with E-state index in [4.69, 9.17) is 14.2 Å². The predicted molar refractivity (Wildman–Crippen MR) is 155 cm³/mol. The monoisotopic (exact) mass is 632 g/mol. The second-order valence-corrected chi connectivity index (χ2v) is 11.4.